The van der Waals surface area contributed by atoms with E-state index in [0.29, 0.717) is 12.0 Å². The van der Waals surface area contributed by atoms with Gasteiger partial charge in [0, 0.05) is 23.4 Å². The van der Waals surface area contributed by atoms with Gasteiger partial charge < -0.3 is 10.1 Å². The Labute approximate surface area is 165 Å². The number of dihydropyridines is 1. The third-order valence-electron chi connectivity index (χ3n) is 5.67. The van der Waals surface area contributed by atoms with E-state index >= 15 is 0 Å². The van der Waals surface area contributed by atoms with Gasteiger partial charge in [-0.15, -0.1) is 0 Å². The minimum Gasteiger partial charge on any atom is -0.497 e. The van der Waals surface area contributed by atoms with Crippen LogP contribution in [0, 0.1) is 11.3 Å². The third kappa shape index (κ3) is 3.10. The van der Waals surface area contributed by atoms with Gasteiger partial charge in [-0.05, 0) is 42.5 Å². The lowest BCUT2D eigenvalue weighted by molar-refractivity contribution is -0.116. The van der Waals surface area contributed by atoms with Crippen molar-refractivity contribution in [3.05, 3.63) is 88.3 Å². The van der Waals surface area contributed by atoms with Crippen LogP contribution in [-0.4, -0.2) is 12.9 Å². The van der Waals surface area contributed by atoms with Gasteiger partial charge in [-0.1, -0.05) is 42.5 Å². The van der Waals surface area contributed by atoms with E-state index in [1.807, 2.05) is 49.4 Å². The average molecular weight is 370 g/mol. The summed E-state index contributed by atoms with van der Waals surface area (Å²) in [5.74, 6) is 0.707. The maximum Gasteiger partial charge on any atom is 0.162 e. The summed E-state index contributed by atoms with van der Waals surface area (Å²) in [7, 11) is 1.62. The standard InChI is InChI=1S/C24H22N2O2/c1-15-20(14-25)23(17-8-10-19(28-2)11-9-17)24-21(26-15)12-18(13-22(24)27)16-6-4-3-5-7-16/h3-11,18,23,26H,12-13H2,1-2H3/t18-,23+/m0/s1. The van der Waals surface area contributed by atoms with Crippen LogP contribution in [0.3, 0.4) is 0 Å². The lowest BCUT2D eigenvalue weighted by atomic mass is 9.72. The van der Waals surface area contributed by atoms with E-state index in [0.717, 1.165) is 34.7 Å². The number of carbonyl (C=O) groups excluding carboxylic acids is 1. The molecule has 4 rings (SSSR count). The van der Waals surface area contributed by atoms with E-state index in [1.165, 1.54) is 5.56 Å². The van der Waals surface area contributed by atoms with E-state index in [-0.39, 0.29) is 17.6 Å². The molecule has 4 nitrogen and oxygen atoms in total. The maximum absolute atomic E-state index is 13.2. The topological polar surface area (TPSA) is 62.1 Å². The molecule has 0 saturated carbocycles. The Morgan fingerprint density at radius 1 is 1.04 bits per heavy atom. The fraction of sp³-hybridized carbons (Fsp3) is 0.250. The summed E-state index contributed by atoms with van der Waals surface area (Å²) in [6, 6.07) is 20.1. The van der Waals surface area contributed by atoms with Crippen molar-refractivity contribution >= 4 is 5.78 Å². The van der Waals surface area contributed by atoms with Crippen molar-refractivity contribution in [3.8, 4) is 11.8 Å². The highest BCUT2D eigenvalue weighted by atomic mass is 16.5. The van der Waals surface area contributed by atoms with Crippen molar-refractivity contribution in [1.29, 1.82) is 5.26 Å². The zero-order valence-electron chi connectivity index (χ0n) is 16.0. The molecule has 0 fully saturated rings. The summed E-state index contributed by atoms with van der Waals surface area (Å²) < 4.78 is 5.25. The Kier molecular flexibility index (Phi) is 4.75. The van der Waals surface area contributed by atoms with Crippen LogP contribution in [0.5, 0.6) is 5.75 Å². The molecule has 28 heavy (non-hydrogen) atoms. The van der Waals surface area contributed by atoms with Crippen molar-refractivity contribution in [1.82, 2.24) is 5.32 Å². The molecule has 0 bridgehead atoms. The molecule has 140 valence electrons. The molecule has 0 saturated heterocycles. The molecule has 2 aliphatic rings. The zero-order chi connectivity index (χ0) is 19.7. The molecule has 0 amide bonds. The Hall–Kier alpha value is -3.32. The van der Waals surface area contributed by atoms with Gasteiger partial charge in [-0.25, -0.2) is 0 Å². The molecule has 0 radical (unpaired) electrons. The van der Waals surface area contributed by atoms with E-state index in [1.54, 1.807) is 7.11 Å². The highest BCUT2D eigenvalue weighted by molar-refractivity contribution is 6.00. The first-order valence-electron chi connectivity index (χ1n) is 9.45. The van der Waals surface area contributed by atoms with Crippen LogP contribution in [0.2, 0.25) is 0 Å². The van der Waals surface area contributed by atoms with Gasteiger partial charge in [0.05, 0.1) is 24.7 Å². The lowest BCUT2D eigenvalue weighted by Crippen LogP contribution is -2.33. The van der Waals surface area contributed by atoms with Gasteiger partial charge in [0.25, 0.3) is 0 Å². The number of benzene rings is 2. The number of ketones is 1. The number of rotatable bonds is 3. The van der Waals surface area contributed by atoms with Crippen LogP contribution in [0.25, 0.3) is 0 Å². The normalized spacial score (nSPS) is 21.7. The smallest absolute Gasteiger partial charge is 0.162 e. The molecular formula is C24H22N2O2. The number of nitrogens with zero attached hydrogens (tertiary/aromatic N) is 1. The first-order chi connectivity index (χ1) is 13.6. The summed E-state index contributed by atoms with van der Waals surface area (Å²) in [4.78, 5) is 13.2. The van der Waals surface area contributed by atoms with Gasteiger partial charge in [0.1, 0.15) is 5.75 Å². The predicted molar refractivity (Wildman–Crippen MR) is 108 cm³/mol. The Morgan fingerprint density at radius 2 is 1.75 bits per heavy atom. The van der Waals surface area contributed by atoms with Crippen LogP contribution in [0.1, 0.15) is 42.7 Å². The monoisotopic (exact) mass is 370 g/mol. The van der Waals surface area contributed by atoms with E-state index in [4.69, 9.17) is 4.74 Å². The quantitative estimate of drug-likeness (QED) is 0.859. The first-order valence-corrected chi connectivity index (χ1v) is 9.45. The summed E-state index contributed by atoms with van der Waals surface area (Å²) in [6.07, 6.45) is 1.24. The second-order valence-electron chi connectivity index (χ2n) is 7.31. The van der Waals surface area contributed by atoms with Crippen LogP contribution >= 0.6 is 0 Å². The highest BCUT2D eigenvalue weighted by Gasteiger charge is 2.38. The first kappa shape index (κ1) is 18.1. The third-order valence-corrected chi connectivity index (χ3v) is 5.67. The number of ether oxygens (including phenoxy) is 1. The van der Waals surface area contributed by atoms with Crippen LogP contribution < -0.4 is 10.1 Å². The molecular weight excluding hydrogens is 348 g/mol. The average Bonchev–Trinajstić information content (AvgIpc) is 2.73. The molecule has 2 aromatic carbocycles. The summed E-state index contributed by atoms with van der Waals surface area (Å²) in [6.45, 7) is 1.91. The minimum absolute atomic E-state index is 0.115. The highest BCUT2D eigenvalue weighted by Crippen LogP contribution is 2.45. The SMILES string of the molecule is COc1ccc([C@@H]2C(C#N)=C(C)NC3=C2C(=O)C[C@@H](c2ccccc2)C3)cc1. The molecule has 0 unspecified atom stereocenters. The van der Waals surface area contributed by atoms with Gasteiger partial charge >= 0.3 is 0 Å². The fourth-order valence-electron chi connectivity index (χ4n) is 4.28. The van der Waals surface area contributed by atoms with E-state index in [9.17, 15) is 10.1 Å². The Bertz CT molecular complexity index is 1010. The van der Waals surface area contributed by atoms with Gasteiger partial charge in [-0.2, -0.15) is 5.26 Å². The summed E-state index contributed by atoms with van der Waals surface area (Å²) >= 11 is 0. The van der Waals surface area contributed by atoms with Gasteiger partial charge in [-0.3, -0.25) is 4.79 Å². The van der Waals surface area contributed by atoms with Crippen molar-refractivity contribution in [2.24, 2.45) is 0 Å². The number of carbonyl (C=O) groups is 1. The predicted octanol–water partition coefficient (Wildman–Crippen LogP) is 4.58. The van der Waals surface area contributed by atoms with Crippen molar-refractivity contribution in [2.45, 2.75) is 31.6 Å². The second kappa shape index (κ2) is 7.36. The lowest BCUT2D eigenvalue weighted by Gasteiger charge is -2.35. The number of hydrogen-bond acceptors (Lipinski definition) is 4. The van der Waals surface area contributed by atoms with Crippen molar-refractivity contribution < 1.29 is 9.53 Å². The van der Waals surface area contributed by atoms with Crippen molar-refractivity contribution in [2.75, 3.05) is 7.11 Å². The molecule has 1 N–H and O–H groups in total. The molecule has 0 spiro atoms. The molecule has 1 heterocycles. The second-order valence-corrected chi connectivity index (χ2v) is 7.31. The van der Waals surface area contributed by atoms with Crippen LogP contribution in [0.15, 0.2) is 77.1 Å². The van der Waals surface area contributed by atoms with E-state index in [2.05, 4.69) is 23.5 Å². The number of Topliss-reactive ketones (excluding diaryl/α,β-unsaturated/α-hetero) is 1. The van der Waals surface area contributed by atoms with Crippen molar-refractivity contribution in [3.63, 3.8) is 0 Å². The largest absolute Gasteiger partial charge is 0.497 e. The zero-order valence-corrected chi connectivity index (χ0v) is 16.0. The van der Waals surface area contributed by atoms with Gasteiger partial charge in [0.2, 0.25) is 0 Å². The minimum atomic E-state index is -0.323. The van der Waals surface area contributed by atoms with Crippen LogP contribution in [0.4, 0.5) is 0 Å². The molecule has 2 atom stereocenters. The molecule has 1 aliphatic heterocycles. The van der Waals surface area contributed by atoms with Crippen LogP contribution in [-0.2, 0) is 4.79 Å². The Balaban J connectivity index is 1.77. The fourth-order valence-corrected chi connectivity index (χ4v) is 4.28. The molecule has 4 heteroatoms. The summed E-state index contributed by atoms with van der Waals surface area (Å²) in [5, 5.41) is 13.2. The number of hydrogen-bond donors (Lipinski definition) is 1. The maximum atomic E-state index is 13.2. The molecule has 1 aliphatic carbocycles. The summed E-state index contributed by atoms with van der Waals surface area (Å²) in [5.41, 5.74) is 5.23. The Morgan fingerprint density at radius 3 is 2.39 bits per heavy atom. The number of methoxy groups -OCH3 is 1. The van der Waals surface area contributed by atoms with E-state index < -0.39 is 0 Å². The molecule has 0 aromatic heterocycles. The number of allylic oxidation sites excluding steroid dienone is 4. The molecule has 2 aromatic rings. The number of nitriles is 1. The number of nitrogens with one attached hydrogen (secondary N) is 1. The van der Waals surface area contributed by atoms with Gasteiger partial charge in [0.15, 0.2) is 5.78 Å².